The van der Waals surface area contributed by atoms with Gasteiger partial charge in [-0.25, -0.2) is 4.79 Å². The Bertz CT molecular complexity index is 447. The smallest absolute Gasteiger partial charge is 0.338 e. The molecule has 0 spiro atoms. The number of carbonyl (C=O) groups excluding carboxylic acids is 1. The quantitative estimate of drug-likeness (QED) is 0.416. The molecule has 0 fully saturated rings. The summed E-state index contributed by atoms with van der Waals surface area (Å²) in [5.41, 5.74) is 7.81. The van der Waals surface area contributed by atoms with E-state index in [9.17, 15) is 4.79 Å². The van der Waals surface area contributed by atoms with Crippen LogP contribution in [0, 0.1) is 0 Å². The first-order valence-electron chi connectivity index (χ1n) is 7.46. The van der Waals surface area contributed by atoms with E-state index in [-0.39, 0.29) is 12.1 Å². The van der Waals surface area contributed by atoms with Crippen LogP contribution in [0.3, 0.4) is 0 Å². The third-order valence-electron chi connectivity index (χ3n) is 2.90. The van der Waals surface area contributed by atoms with E-state index in [0.717, 1.165) is 31.7 Å². The van der Waals surface area contributed by atoms with Crippen LogP contribution in [-0.4, -0.2) is 31.8 Å². The Balaban J connectivity index is 2.43. The van der Waals surface area contributed by atoms with E-state index in [0.29, 0.717) is 17.9 Å². The molecule has 0 saturated carbocycles. The van der Waals surface area contributed by atoms with E-state index < -0.39 is 0 Å². The van der Waals surface area contributed by atoms with Gasteiger partial charge in [-0.05, 0) is 51.8 Å². The SMILES string of the molecule is CCOC(=O)c1ccc(N)c(NCCCCOC(C)C)c1. The average Bonchev–Trinajstić information content (AvgIpc) is 2.44. The molecule has 5 heteroatoms. The maximum absolute atomic E-state index is 11.7. The van der Waals surface area contributed by atoms with Crippen molar-refractivity contribution >= 4 is 17.3 Å². The number of rotatable bonds is 9. The fourth-order valence-corrected chi connectivity index (χ4v) is 1.82. The molecule has 118 valence electrons. The van der Waals surface area contributed by atoms with Crippen LogP contribution in [0.25, 0.3) is 0 Å². The van der Waals surface area contributed by atoms with Gasteiger partial charge in [0, 0.05) is 13.2 Å². The summed E-state index contributed by atoms with van der Waals surface area (Å²) in [6.45, 7) is 7.75. The van der Waals surface area contributed by atoms with Gasteiger partial charge in [0.25, 0.3) is 0 Å². The Morgan fingerprint density at radius 2 is 2.10 bits per heavy atom. The molecule has 1 aromatic rings. The van der Waals surface area contributed by atoms with Crippen LogP contribution in [0.15, 0.2) is 18.2 Å². The van der Waals surface area contributed by atoms with Gasteiger partial charge in [-0.3, -0.25) is 0 Å². The van der Waals surface area contributed by atoms with Crippen LogP contribution in [0.1, 0.15) is 44.0 Å². The lowest BCUT2D eigenvalue weighted by atomic mass is 10.1. The highest BCUT2D eigenvalue weighted by atomic mass is 16.5. The maximum Gasteiger partial charge on any atom is 0.338 e. The molecule has 0 heterocycles. The normalized spacial score (nSPS) is 10.7. The highest BCUT2D eigenvalue weighted by molar-refractivity contribution is 5.92. The van der Waals surface area contributed by atoms with Gasteiger partial charge in [-0.1, -0.05) is 0 Å². The number of ether oxygens (including phenoxy) is 2. The average molecular weight is 294 g/mol. The van der Waals surface area contributed by atoms with E-state index in [1.807, 2.05) is 13.8 Å². The van der Waals surface area contributed by atoms with Gasteiger partial charge in [-0.15, -0.1) is 0 Å². The van der Waals surface area contributed by atoms with Crippen molar-refractivity contribution in [3.8, 4) is 0 Å². The van der Waals surface area contributed by atoms with Crippen molar-refractivity contribution in [1.82, 2.24) is 0 Å². The molecule has 0 amide bonds. The molecule has 0 aliphatic carbocycles. The van der Waals surface area contributed by atoms with Crippen LogP contribution >= 0.6 is 0 Å². The van der Waals surface area contributed by atoms with Gasteiger partial charge in [0.05, 0.1) is 29.6 Å². The third-order valence-corrected chi connectivity index (χ3v) is 2.90. The molecule has 0 aromatic heterocycles. The lowest BCUT2D eigenvalue weighted by Gasteiger charge is -2.11. The van der Waals surface area contributed by atoms with E-state index in [4.69, 9.17) is 15.2 Å². The summed E-state index contributed by atoms with van der Waals surface area (Å²) in [6, 6.07) is 5.13. The Kier molecular flexibility index (Phi) is 7.61. The Morgan fingerprint density at radius 1 is 1.33 bits per heavy atom. The molecule has 0 aliphatic heterocycles. The zero-order valence-electron chi connectivity index (χ0n) is 13.1. The summed E-state index contributed by atoms with van der Waals surface area (Å²) in [5.74, 6) is -0.328. The predicted molar refractivity (Wildman–Crippen MR) is 85.6 cm³/mol. The molecule has 0 saturated heterocycles. The second-order valence-electron chi connectivity index (χ2n) is 5.08. The zero-order chi connectivity index (χ0) is 15.7. The number of hydrogen-bond donors (Lipinski definition) is 2. The van der Waals surface area contributed by atoms with Gasteiger partial charge in [0.1, 0.15) is 0 Å². The number of esters is 1. The molecule has 0 unspecified atom stereocenters. The van der Waals surface area contributed by atoms with Crippen molar-refractivity contribution in [2.75, 3.05) is 30.8 Å². The second kappa shape index (κ2) is 9.23. The maximum atomic E-state index is 11.7. The summed E-state index contributed by atoms with van der Waals surface area (Å²) in [6.07, 6.45) is 2.24. The molecule has 0 bridgehead atoms. The zero-order valence-corrected chi connectivity index (χ0v) is 13.1. The number of benzene rings is 1. The minimum Gasteiger partial charge on any atom is -0.462 e. The molecular weight excluding hydrogens is 268 g/mol. The predicted octanol–water partition coefficient (Wildman–Crippen LogP) is 3.06. The minimum atomic E-state index is -0.328. The van der Waals surface area contributed by atoms with Crippen molar-refractivity contribution < 1.29 is 14.3 Å². The summed E-state index contributed by atoms with van der Waals surface area (Å²) < 4.78 is 10.5. The lowest BCUT2D eigenvalue weighted by Crippen LogP contribution is -2.10. The molecular formula is C16H26N2O3. The number of nitrogen functional groups attached to an aromatic ring is 1. The van der Waals surface area contributed by atoms with Gasteiger partial charge in [-0.2, -0.15) is 0 Å². The number of hydrogen-bond acceptors (Lipinski definition) is 5. The monoisotopic (exact) mass is 294 g/mol. The Morgan fingerprint density at radius 3 is 2.76 bits per heavy atom. The van der Waals surface area contributed by atoms with Crippen LogP contribution in [0.4, 0.5) is 11.4 Å². The molecule has 1 aromatic carbocycles. The molecule has 0 radical (unpaired) electrons. The molecule has 3 N–H and O–H groups in total. The van der Waals surface area contributed by atoms with Gasteiger partial charge >= 0.3 is 5.97 Å². The Labute approximate surface area is 126 Å². The molecule has 21 heavy (non-hydrogen) atoms. The summed E-state index contributed by atoms with van der Waals surface area (Å²) >= 11 is 0. The number of anilines is 2. The fourth-order valence-electron chi connectivity index (χ4n) is 1.82. The summed E-state index contributed by atoms with van der Waals surface area (Å²) in [7, 11) is 0. The van der Waals surface area contributed by atoms with E-state index in [1.165, 1.54) is 0 Å². The lowest BCUT2D eigenvalue weighted by molar-refractivity contribution is 0.0526. The molecule has 1 rings (SSSR count). The van der Waals surface area contributed by atoms with Crippen LogP contribution < -0.4 is 11.1 Å². The van der Waals surface area contributed by atoms with Crippen LogP contribution in [0.5, 0.6) is 0 Å². The molecule has 0 atom stereocenters. The van der Waals surface area contributed by atoms with E-state index >= 15 is 0 Å². The Hall–Kier alpha value is -1.75. The van der Waals surface area contributed by atoms with Crippen molar-refractivity contribution in [1.29, 1.82) is 0 Å². The molecule has 5 nitrogen and oxygen atoms in total. The van der Waals surface area contributed by atoms with Gasteiger partial charge < -0.3 is 20.5 Å². The number of unbranched alkanes of at least 4 members (excludes halogenated alkanes) is 1. The first-order valence-corrected chi connectivity index (χ1v) is 7.46. The summed E-state index contributed by atoms with van der Waals surface area (Å²) in [5, 5.41) is 3.25. The summed E-state index contributed by atoms with van der Waals surface area (Å²) in [4.78, 5) is 11.7. The highest BCUT2D eigenvalue weighted by Crippen LogP contribution is 2.20. The van der Waals surface area contributed by atoms with E-state index in [1.54, 1.807) is 25.1 Å². The molecule has 0 aliphatic rings. The standard InChI is InChI=1S/C16H26N2O3/c1-4-20-16(19)13-7-8-14(17)15(11-13)18-9-5-6-10-21-12(2)3/h7-8,11-12,18H,4-6,9-10,17H2,1-3H3. The minimum absolute atomic E-state index is 0.273. The van der Waals surface area contributed by atoms with Gasteiger partial charge in [0.2, 0.25) is 0 Å². The number of nitrogens with two attached hydrogens (primary N) is 1. The largest absolute Gasteiger partial charge is 0.462 e. The number of nitrogens with one attached hydrogen (secondary N) is 1. The second-order valence-corrected chi connectivity index (χ2v) is 5.08. The topological polar surface area (TPSA) is 73.6 Å². The first-order chi connectivity index (χ1) is 10.0. The van der Waals surface area contributed by atoms with Crippen molar-refractivity contribution in [2.45, 2.75) is 39.7 Å². The number of carbonyl (C=O) groups is 1. The van der Waals surface area contributed by atoms with Crippen LogP contribution in [0.2, 0.25) is 0 Å². The first kappa shape index (κ1) is 17.3. The highest BCUT2D eigenvalue weighted by Gasteiger charge is 2.08. The van der Waals surface area contributed by atoms with Crippen LogP contribution in [-0.2, 0) is 9.47 Å². The fraction of sp³-hybridized carbons (Fsp3) is 0.562. The van der Waals surface area contributed by atoms with Crippen molar-refractivity contribution in [3.05, 3.63) is 23.8 Å². The van der Waals surface area contributed by atoms with Gasteiger partial charge in [0.15, 0.2) is 0 Å². The third kappa shape index (κ3) is 6.49. The van der Waals surface area contributed by atoms with Crippen molar-refractivity contribution in [2.24, 2.45) is 0 Å². The van der Waals surface area contributed by atoms with Crippen molar-refractivity contribution in [3.63, 3.8) is 0 Å². The van der Waals surface area contributed by atoms with E-state index in [2.05, 4.69) is 5.32 Å².